The molecule has 1 N–H and O–H groups in total. The lowest BCUT2D eigenvalue weighted by molar-refractivity contribution is -0.140. The van der Waals surface area contributed by atoms with Crippen molar-refractivity contribution >= 4 is 22.6 Å². The number of benzene rings is 3. The molecule has 8 nitrogen and oxygen atoms in total. The van der Waals surface area contributed by atoms with Crippen LogP contribution in [-0.2, 0) is 22.4 Å². The van der Waals surface area contributed by atoms with Crippen LogP contribution in [0.3, 0.4) is 0 Å². The number of aryl methyl sites for hydroxylation is 1. The number of amides is 1. The van der Waals surface area contributed by atoms with E-state index in [1.807, 2.05) is 67.7 Å². The van der Waals surface area contributed by atoms with Gasteiger partial charge in [-0.15, -0.1) is 0 Å². The first kappa shape index (κ1) is 32.9. The van der Waals surface area contributed by atoms with Crippen molar-refractivity contribution in [3.63, 3.8) is 0 Å². The summed E-state index contributed by atoms with van der Waals surface area (Å²) >= 11 is 0. The van der Waals surface area contributed by atoms with E-state index < -0.39 is 6.04 Å². The van der Waals surface area contributed by atoms with Gasteiger partial charge in [0.15, 0.2) is 28.8 Å². The molecule has 46 heavy (non-hydrogen) atoms. The Kier molecular flexibility index (Phi) is 10.9. The number of fused-ring (bicyclic) bond motifs is 1. The average Bonchev–Trinajstić information content (AvgIpc) is 3.48. The van der Waals surface area contributed by atoms with Crippen molar-refractivity contribution in [2.75, 3.05) is 35.0 Å². The fraction of sp³-hybridized carbons (Fsp3) is 0.421. The molecule has 1 aliphatic rings. The van der Waals surface area contributed by atoms with Crippen molar-refractivity contribution in [2.45, 2.75) is 64.3 Å². The standard InChI is InChI=1S/C38H46N2O6/c1-25-19-28(22-35(45-4)38(25)46-5)37(32(41)20-26-11-7-6-8-12-26)40(18-17-27-15-16-33(43-2)34(21-27)44-3)36(42)23-29-24-39-31-14-10-9-13-30(29)31/h9-10,13-16,19,21-22,24,26,37,39H,6-8,11-12,17-18,20,23H2,1-5H3. The van der Waals surface area contributed by atoms with Crippen LogP contribution in [0.15, 0.2) is 60.8 Å². The molecule has 1 aromatic heterocycles. The van der Waals surface area contributed by atoms with Gasteiger partial charge < -0.3 is 28.8 Å². The minimum Gasteiger partial charge on any atom is -0.493 e. The first-order valence-corrected chi connectivity index (χ1v) is 16.2. The molecule has 1 atom stereocenters. The molecule has 4 aromatic rings. The summed E-state index contributed by atoms with van der Waals surface area (Å²) in [4.78, 5) is 34.1. The van der Waals surface area contributed by atoms with E-state index in [0.29, 0.717) is 48.3 Å². The molecule has 0 saturated heterocycles. The minimum absolute atomic E-state index is 0.0538. The number of hydrogen-bond acceptors (Lipinski definition) is 6. The number of carbonyl (C=O) groups is 2. The summed E-state index contributed by atoms with van der Waals surface area (Å²) in [7, 11) is 6.42. The van der Waals surface area contributed by atoms with Crippen molar-refractivity contribution in [1.82, 2.24) is 9.88 Å². The number of nitrogens with one attached hydrogen (secondary N) is 1. The van der Waals surface area contributed by atoms with E-state index in [9.17, 15) is 9.59 Å². The Labute approximate surface area is 272 Å². The molecule has 1 aliphatic carbocycles. The molecule has 1 fully saturated rings. The van der Waals surface area contributed by atoms with Gasteiger partial charge in [0.25, 0.3) is 0 Å². The van der Waals surface area contributed by atoms with Crippen molar-refractivity contribution in [3.8, 4) is 23.0 Å². The number of ether oxygens (including phenoxy) is 4. The highest BCUT2D eigenvalue weighted by Gasteiger charge is 2.34. The maximum Gasteiger partial charge on any atom is 0.227 e. The van der Waals surface area contributed by atoms with Crippen molar-refractivity contribution in [2.24, 2.45) is 5.92 Å². The van der Waals surface area contributed by atoms with Crippen LogP contribution >= 0.6 is 0 Å². The first-order chi connectivity index (χ1) is 22.4. The third kappa shape index (κ3) is 7.33. The Morgan fingerprint density at radius 1 is 0.870 bits per heavy atom. The molecule has 0 aliphatic heterocycles. The number of methoxy groups -OCH3 is 4. The molecule has 244 valence electrons. The summed E-state index contributed by atoms with van der Waals surface area (Å²) in [6, 6.07) is 16.8. The van der Waals surface area contributed by atoms with E-state index >= 15 is 0 Å². The third-order valence-electron chi connectivity index (χ3n) is 9.26. The molecule has 0 spiro atoms. The zero-order chi connectivity index (χ0) is 32.6. The summed E-state index contributed by atoms with van der Waals surface area (Å²) in [5.41, 5.74) is 4.43. The van der Waals surface area contributed by atoms with Gasteiger partial charge in [0.1, 0.15) is 6.04 Å². The number of H-pyrrole nitrogens is 1. The number of carbonyl (C=O) groups excluding carboxylic acids is 2. The fourth-order valence-corrected chi connectivity index (χ4v) is 6.89. The van der Waals surface area contributed by atoms with Gasteiger partial charge in [0, 0.05) is 30.1 Å². The Hall–Kier alpha value is -4.46. The van der Waals surface area contributed by atoms with Crippen LogP contribution in [-0.4, -0.2) is 56.6 Å². The topological polar surface area (TPSA) is 90.1 Å². The van der Waals surface area contributed by atoms with Crippen LogP contribution in [0.4, 0.5) is 0 Å². The van der Waals surface area contributed by atoms with Gasteiger partial charge in [-0.3, -0.25) is 9.59 Å². The maximum atomic E-state index is 14.5. The molecule has 1 saturated carbocycles. The minimum atomic E-state index is -0.779. The molecular weight excluding hydrogens is 580 g/mol. The summed E-state index contributed by atoms with van der Waals surface area (Å²) in [5.74, 6) is 2.68. The zero-order valence-corrected chi connectivity index (χ0v) is 27.7. The van der Waals surface area contributed by atoms with Crippen LogP contribution in [0.25, 0.3) is 10.9 Å². The van der Waals surface area contributed by atoms with Crippen LogP contribution in [0.1, 0.15) is 66.8 Å². The number of rotatable bonds is 14. The lowest BCUT2D eigenvalue weighted by Gasteiger charge is -2.33. The number of nitrogens with zero attached hydrogens (tertiary/aromatic N) is 1. The Morgan fingerprint density at radius 3 is 2.33 bits per heavy atom. The largest absolute Gasteiger partial charge is 0.493 e. The van der Waals surface area contributed by atoms with Crippen LogP contribution in [0.5, 0.6) is 23.0 Å². The number of ketones is 1. The van der Waals surface area contributed by atoms with E-state index in [4.69, 9.17) is 18.9 Å². The summed E-state index contributed by atoms with van der Waals surface area (Å²) < 4.78 is 22.3. The lowest BCUT2D eigenvalue weighted by atomic mass is 9.83. The second-order valence-electron chi connectivity index (χ2n) is 12.2. The van der Waals surface area contributed by atoms with Crippen molar-refractivity contribution in [3.05, 3.63) is 83.0 Å². The molecular formula is C38H46N2O6. The smallest absolute Gasteiger partial charge is 0.227 e. The normalized spacial score (nSPS) is 14.1. The lowest BCUT2D eigenvalue weighted by Crippen LogP contribution is -2.41. The fourth-order valence-electron chi connectivity index (χ4n) is 6.89. The monoisotopic (exact) mass is 626 g/mol. The van der Waals surface area contributed by atoms with E-state index in [1.54, 1.807) is 33.3 Å². The Morgan fingerprint density at radius 2 is 1.61 bits per heavy atom. The summed E-state index contributed by atoms with van der Waals surface area (Å²) in [6.45, 7) is 2.28. The second-order valence-corrected chi connectivity index (χ2v) is 12.2. The SMILES string of the molecule is COc1ccc(CCN(C(=O)Cc2c[nH]c3ccccc23)C(C(=O)CC2CCCCC2)c2cc(C)c(OC)c(OC)c2)cc1OC. The van der Waals surface area contributed by atoms with Crippen LogP contribution < -0.4 is 18.9 Å². The Balaban J connectivity index is 1.56. The number of hydrogen-bond donors (Lipinski definition) is 1. The van der Waals surface area contributed by atoms with Gasteiger partial charge in [-0.25, -0.2) is 0 Å². The van der Waals surface area contributed by atoms with Crippen molar-refractivity contribution < 1.29 is 28.5 Å². The van der Waals surface area contributed by atoms with Crippen LogP contribution in [0, 0.1) is 12.8 Å². The highest BCUT2D eigenvalue weighted by atomic mass is 16.5. The van der Waals surface area contributed by atoms with Gasteiger partial charge >= 0.3 is 0 Å². The molecule has 1 amide bonds. The average molecular weight is 627 g/mol. The molecule has 1 heterocycles. The predicted molar refractivity (Wildman–Crippen MR) is 180 cm³/mol. The molecule has 8 heteroatoms. The van der Waals surface area contributed by atoms with E-state index in [0.717, 1.165) is 58.8 Å². The van der Waals surface area contributed by atoms with Gasteiger partial charge in [-0.1, -0.05) is 56.4 Å². The second kappa shape index (κ2) is 15.2. The molecule has 0 radical (unpaired) electrons. The van der Waals surface area contributed by atoms with E-state index in [1.165, 1.54) is 6.42 Å². The number of aromatic amines is 1. The van der Waals surface area contributed by atoms with Gasteiger partial charge in [0.05, 0.1) is 34.9 Å². The van der Waals surface area contributed by atoms with Crippen molar-refractivity contribution in [1.29, 1.82) is 0 Å². The van der Waals surface area contributed by atoms with Gasteiger partial charge in [-0.05, 0) is 71.8 Å². The zero-order valence-electron chi connectivity index (χ0n) is 27.7. The number of Topliss-reactive ketones (excluding diaryl/α,β-unsaturated/α-hetero) is 1. The predicted octanol–water partition coefficient (Wildman–Crippen LogP) is 7.41. The van der Waals surface area contributed by atoms with E-state index in [-0.39, 0.29) is 18.1 Å². The molecule has 0 bridgehead atoms. The summed E-state index contributed by atoms with van der Waals surface area (Å²) in [5, 5.41) is 1.00. The molecule has 1 unspecified atom stereocenters. The number of para-hydroxylation sites is 1. The number of aromatic nitrogens is 1. The van der Waals surface area contributed by atoms with Gasteiger partial charge in [0.2, 0.25) is 5.91 Å². The first-order valence-electron chi connectivity index (χ1n) is 16.2. The van der Waals surface area contributed by atoms with Gasteiger partial charge in [-0.2, -0.15) is 0 Å². The quantitative estimate of drug-likeness (QED) is 0.157. The molecule has 3 aromatic carbocycles. The molecule has 5 rings (SSSR count). The highest BCUT2D eigenvalue weighted by molar-refractivity contribution is 5.93. The maximum absolute atomic E-state index is 14.5. The highest BCUT2D eigenvalue weighted by Crippen LogP contribution is 2.38. The third-order valence-corrected chi connectivity index (χ3v) is 9.26. The van der Waals surface area contributed by atoms with E-state index in [2.05, 4.69) is 4.98 Å². The van der Waals surface area contributed by atoms with Crippen LogP contribution in [0.2, 0.25) is 0 Å². The summed E-state index contributed by atoms with van der Waals surface area (Å²) in [6.07, 6.45) is 8.59. The Bertz CT molecular complexity index is 1650.